The molecule has 0 atom stereocenters. The zero-order valence-electron chi connectivity index (χ0n) is 9.85. The minimum Gasteiger partial charge on any atom is -0.484 e. The van der Waals surface area contributed by atoms with Crippen molar-refractivity contribution < 1.29 is 14.6 Å². The Labute approximate surface area is 101 Å². The molecule has 0 saturated heterocycles. The minimum atomic E-state index is -0.252. The van der Waals surface area contributed by atoms with Crippen molar-refractivity contribution in [2.75, 3.05) is 6.61 Å². The molecule has 1 amide bonds. The number of hydrogen-bond donors (Lipinski definition) is 2. The van der Waals surface area contributed by atoms with Gasteiger partial charge >= 0.3 is 0 Å². The van der Waals surface area contributed by atoms with Crippen LogP contribution in [0.15, 0.2) is 24.3 Å². The summed E-state index contributed by atoms with van der Waals surface area (Å²) in [6, 6.07) is 7.69. The molecule has 1 saturated carbocycles. The van der Waals surface area contributed by atoms with Gasteiger partial charge in [0.2, 0.25) is 0 Å². The number of aryl methyl sites for hydroxylation is 1. The molecule has 0 unspecified atom stereocenters. The smallest absolute Gasteiger partial charge is 0.258 e. The van der Waals surface area contributed by atoms with Gasteiger partial charge in [0.25, 0.3) is 5.91 Å². The molecule has 2 N–H and O–H groups in total. The van der Waals surface area contributed by atoms with E-state index in [4.69, 9.17) is 9.84 Å². The topological polar surface area (TPSA) is 58.6 Å². The molecule has 0 aromatic heterocycles. The van der Waals surface area contributed by atoms with Crippen molar-refractivity contribution in [3.8, 4) is 5.75 Å². The van der Waals surface area contributed by atoms with E-state index in [9.17, 15) is 4.79 Å². The van der Waals surface area contributed by atoms with Gasteiger partial charge in [-0.15, -0.1) is 0 Å². The maximum atomic E-state index is 11.5. The van der Waals surface area contributed by atoms with Crippen LogP contribution < -0.4 is 10.1 Å². The largest absolute Gasteiger partial charge is 0.484 e. The molecule has 1 aromatic rings. The van der Waals surface area contributed by atoms with Crippen LogP contribution in [-0.4, -0.2) is 29.8 Å². The summed E-state index contributed by atoms with van der Waals surface area (Å²) in [6.45, 7) is 2.00. The summed E-state index contributed by atoms with van der Waals surface area (Å²) in [6.07, 6.45) is 1.05. The molecule has 4 heteroatoms. The Morgan fingerprint density at radius 3 is 2.94 bits per heavy atom. The number of aliphatic hydroxyl groups is 1. The number of carbonyl (C=O) groups is 1. The van der Waals surface area contributed by atoms with Crippen molar-refractivity contribution in [2.45, 2.75) is 31.9 Å². The molecule has 17 heavy (non-hydrogen) atoms. The molecule has 4 nitrogen and oxygen atoms in total. The van der Waals surface area contributed by atoms with E-state index in [1.165, 1.54) is 0 Å². The molecular weight excluding hydrogens is 218 g/mol. The van der Waals surface area contributed by atoms with E-state index in [0.717, 1.165) is 5.56 Å². The highest BCUT2D eigenvalue weighted by Crippen LogP contribution is 2.19. The maximum Gasteiger partial charge on any atom is 0.258 e. The SMILES string of the molecule is Cc1cccc(OCC(=O)NC2CC(O)C2)c1. The van der Waals surface area contributed by atoms with E-state index in [1.807, 2.05) is 31.2 Å². The quantitative estimate of drug-likeness (QED) is 0.819. The Bertz CT molecular complexity index is 399. The zero-order chi connectivity index (χ0) is 12.3. The normalized spacial score (nSPS) is 22.7. The van der Waals surface area contributed by atoms with Crippen molar-refractivity contribution >= 4 is 5.91 Å². The van der Waals surface area contributed by atoms with Crippen molar-refractivity contribution in [1.82, 2.24) is 5.32 Å². The molecule has 0 bridgehead atoms. The molecule has 0 radical (unpaired) electrons. The first-order valence-electron chi connectivity index (χ1n) is 5.80. The van der Waals surface area contributed by atoms with E-state index in [1.54, 1.807) is 0 Å². The molecule has 1 aromatic carbocycles. The van der Waals surface area contributed by atoms with Crippen LogP contribution in [-0.2, 0) is 4.79 Å². The fraction of sp³-hybridized carbons (Fsp3) is 0.462. The first kappa shape index (κ1) is 11.9. The third-order valence-electron chi connectivity index (χ3n) is 2.84. The highest BCUT2D eigenvalue weighted by Gasteiger charge is 2.28. The second-order valence-corrected chi connectivity index (χ2v) is 4.49. The average molecular weight is 235 g/mol. The Hall–Kier alpha value is -1.55. The molecule has 2 rings (SSSR count). The zero-order valence-corrected chi connectivity index (χ0v) is 9.85. The molecule has 0 spiro atoms. The van der Waals surface area contributed by atoms with Crippen LogP contribution in [0.4, 0.5) is 0 Å². The second kappa shape index (κ2) is 5.19. The highest BCUT2D eigenvalue weighted by atomic mass is 16.5. The molecule has 1 fully saturated rings. The van der Waals surface area contributed by atoms with Crippen LogP contribution >= 0.6 is 0 Å². The first-order chi connectivity index (χ1) is 8.13. The number of amides is 1. The van der Waals surface area contributed by atoms with Crippen molar-refractivity contribution in [1.29, 1.82) is 0 Å². The predicted molar refractivity (Wildman–Crippen MR) is 63.8 cm³/mol. The van der Waals surface area contributed by atoms with Crippen LogP contribution in [0.2, 0.25) is 0 Å². The number of aliphatic hydroxyl groups excluding tert-OH is 1. The number of nitrogens with one attached hydrogen (secondary N) is 1. The van der Waals surface area contributed by atoms with Crippen molar-refractivity contribution in [2.24, 2.45) is 0 Å². The van der Waals surface area contributed by atoms with Gasteiger partial charge in [0.1, 0.15) is 5.75 Å². The average Bonchev–Trinajstić information content (AvgIpc) is 2.24. The first-order valence-corrected chi connectivity index (χ1v) is 5.80. The van der Waals surface area contributed by atoms with Gasteiger partial charge < -0.3 is 15.2 Å². The third kappa shape index (κ3) is 3.46. The minimum absolute atomic E-state index is 0.0239. The van der Waals surface area contributed by atoms with E-state index >= 15 is 0 Å². The summed E-state index contributed by atoms with van der Waals surface area (Å²) in [5, 5.41) is 11.9. The van der Waals surface area contributed by atoms with Crippen LogP contribution in [0.5, 0.6) is 5.75 Å². The van der Waals surface area contributed by atoms with E-state index < -0.39 is 0 Å². The predicted octanol–water partition coefficient (Wildman–Crippen LogP) is 1.01. The van der Waals surface area contributed by atoms with E-state index in [0.29, 0.717) is 18.6 Å². The lowest BCUT2D eigenvalue weighted by Gasteiger charge is -2.31. The summed E-state index contributed by atoms with van der Waals surface area (Å²) in [4.78, 5) is 11.5. The molecule has 0 aliphatic heterocycles. The maximum absolute atomic E-state index is 11.5. The highest BCUT2D eigenvalue weighted by molar-refractivity contribution is 5.78. The third-order valence-corrected chi connectivity index (χ3v) is 2.84. The molecule has 1 aliphatic carbocycles. The summed E-state index contributed by atoms with van der Waals surface area (Å²) >= 11 is 0. The molecule has 92 valence electrons. The Morgan fingerprint density at radius 2 is 2.29 bits per heavy atom. The standard InChI is InChI=1S/C13H17NO3/c1-9-3-2-4-12(5-9)17-8-13(16)14-10-6-11(15)7-10/h2-5,10-11,15H,6-8H2,1H3,(H,14,16). The monoisotopic (exact) mass is 235 g/mol. The van der Waals surface area contributed by atoms with Gasteiger partial charge in [-0.25, -0.2) is 0 Å². The molecule has 0 heterocycles. The summed E-state index contributed by atoms with van der Waals surface area (Å²) in [7, 11) is 0. The lowest BCUT2D eigenvalue weighted by Crippen LogP contribution is -2.48. The fourth-order valence-corrected chi connectivity index (χ4v) is 1.83. The van der Waals surface area contributed by atoms with Crippen LogP contribution in [0.1, 0.15) is 18.4 Å². The van der Waals surface area contributed by atoms with Gasteiger partial charge in [0, 0.05) is 6.04 Å². The summed E-state index contributed by atoms with van der Waals surface area (Å²) < 4.78 is 5.37. The van der Waals surface area contributed by atoms with Crippen LogP contribution in [0.25, 0.3) is 0 Å². The van der Waals surface area contributed by atoms with Crippen LogP contribution in [0.3, 0.4) is 0 Å². The van der Waals surface area contributed by atoms with Gasteiger partial charge in [0.15, 0.2) is 6.61 Å². The second-order valence-electron chi connectivity index (χ2n) is 4.49. The number of ether oxygens (including phenoxy) is 1. The van der Waals surface area contributed by atoms with E-state index in [2.05, 4.69) is 5.32 Å². The van der Waals surface area contributed by atoms with Gasteiger partial charge in [-0.1, -0.05) is 12.1 Å². The van der Waals surface area contributed by atoms with E-state index in [-0.39, 0.29) is 24.7 Å². The summed E-state index contributed by atoms with van der Waals surface area (Å²) in [5.41, 5.74) is 1.10. The number of carbonyl (C=O) groups excluding carboxylic acids is 1. The van der Waals surface area contributed by atoms with Gasteiger partial charge in [-0.3, -0.25) is 4.79 Å². The fourth-order valence-electron chi connectivity index (χ4n) is 1.83. The number of rotatable bonds is 4. The number of benzene rings is 1. The summed E-state index contributed by atoms with van der Waals surface area (Å²) in [5.74, 6) is 0.567. The Morgan fingerprint density at radius 1 is 1.53 bits per heavy atom. The molecule has 1 aliphatic rings. The Balaban J connectivity index is 1.72. The molecular formula is C13H17NO3. The van der Waals surface area contributed by atoms with Crippen molar-refractivity contribution in [3.63, 3.8) is 0 Å². The van der Waals surface area contributed by atoms with Gasteiger partial charge in [-0.2, -0.15) is 0 Å². The van der Waals surface area contributed by atoms with Gasteiger partial charge in [-0.05, 0) is 37.5 Å². The van der Waals surface area contributed by atoms with Crippen molar-refractivity contribution in [3.05, 3.63) is 29.8 Å². The lowest BCUT2D eigenvalue weighted by molar-refractivity contribution is -0.125. The van der Waals surface area contributed by atoms with Crippen LogP contribution in [0, 0.1) is 6.92 Å². The van der Waals surface area contributed by atoms with Gasteiger partial charge in [0.05, 0.1) is 6.10 Å². The Kier molecular flexibility index (Phi) is 3.64. The number of hydrogen-bond acceptors (Lipinski definition) is 3. The lowest BCUT2D eigenvalue weighted by atomic mass is 9.89.